The van der Waals surface area contributed by atoms with Gasteiger partial charge in [-0.25, -0.2) is 0 Å². The maximum atomic E-state index is 12.4. The van der Waals surface area contributed by atoms with Gasteiger partial charge in [-0.05, 0) is 6.07 Å². The van der Waals surface area contributed by atoms with Crippen LogP contribution in [0.25, 0.3) is 5.76 Å². The van der Waals surface area contributed by atoms with Gasteiger partial charge in [0.05, 0.1) is 12.1 Å². The van der Waals surface area contributed by atoms with Crippen LogP contribution in [0.5, 0.6) is 0 Å². The van der Waals surface area contributed by atoms with Gasteiger partial charge in [0.15, 0.2) is 11.4 Å². The summed E-state index contributed by atoms with van der Waals surface area (Å²) in [5.74, 6) is -1.28. The number of ketones is 1. The van der Waals surface area contributed by atoms with Crippen LogP contribution >= 0.6 is 0 Å². The van der Waals surface area contributed by atoms with Crippen molar-refractivity contribution < 1.29 is 19.8 Å². The number of allylic oxidation sites excluding steroid dienone is 1. The summed E-state index contributed by atoms with van der Waals surface area (Å²) in [6.07, 6.45) is 0.617. The number of para-hydroxylation sites is 1. The maximum absolute atomic E-state index is 12.4. The first kappa shape index (κ1) is 16.0. The Morgan fingerprint density at radius 2 is 1.75 bits per heavy atom. The highest BCUT2D eigenvalue weighted by Crippen LogP contribution is 2.41. The number of carbonyl (C=O) groups is 2. The average molecular weight is 323 g/mol. The molecule has 3 rings (SSSR count). The van der Waals surface area contributed by atoms with E-state index in [1.807, 2.05) is 0 Å². The monoisotopic (exact) mass is 323 g/mol. The number of benzene rings is 2. The number of fused-ring (bicyclic) bond motifs is 1. The second-order valence-corrected chi connectivity index (χ2v) is 5.78. The Hall–Kier alpha value is -2.92. The first-order valence-corrected chi connectivity index (χ1v) is 7.52. The molecule has 1 atom stereocenters. The molecule has 0 saturated heterocycles. The molecule has 0 aromatic heterocycles. The molecule has 122 valence electrons. The summed E-state index contributed by atoms with van der Waals surface area (Å²) in [6, 6.07) is 15.4. The molecule has 1 amide bonds. The molecule has 2 N–H and O–H groups in total. The van der Waals surface area contributed by atoms with Gasteiger partial charge in [0, 0.05) is 24.3 Å². The highest BCUT2D eigenvalue weighted by atomic mass is 16.3. The van der Waals surface area contributed by atoms with Crippen molar-refractivity contribution in [2.24, 2.45) is 0 Å². The second kappa shape index (κ2) is 5.94. The molecule has 0 aliphatic carbocycles. The fraction of sp³-hybridized carbons (Fsp3) is 0.158. The molecule has 2 aromatic rings. The van der Waals surface area contributed by atoms with Gasteiger partial charge in [-0.15, -0.1) is 0 Å². The number of rotatable bonds is 4. The zero-order valence-corrected chi connectivity index (χ0v) is 13.1. The molecule has 5 nitrogen and oxygen atoms in total. The van der Waals surface area contributed by atoms with Crippen molar-refractivity contribution in [2.45, 2.75) is 12.0 Å². The van der Waals surface area contributed by atoms with Gasteiger partial charge in [0.1, 0.15) is 5.76 Å². The van der Waals surface area contributed by atoms with Gasteiger partial charge >= 0.3 is 0 Å². The summed E-state index contributed by atoms with van der Waals surface area (Å²) in [5, 5.41) is 20.8. The minimum atomic E-state index is -1.91. The molecule has 0 bridgehead atoms. The SMILES string of the molecule is CN1C(=O)[C@@](O)(CC(=O)/C=C(\O)c2ccccc2)c2ccccc21. The summed E-state index contributed by atoms with van der Waals surface area (Å²) < 4.78 is 0. The number of carbonyl (C=O) groups excluding carboxylic acids is 2. The molecule has 0 fully saturated rings. The molecule has 1 heterocycles. The van der Waals surface area contributed by atoms with Crippen LogP contribution in [0.4, 0.5) is 5.69 Å². The van der Waals surface area contributed by atoms with Crippen molar-refractivity contribution >= 4 is 23.1 Å². The average Bonchev–Trinajstić information content (AvgIpc) is 2.78. The Balaban J connectivity index is 1.88. The summed E-state index contributed by atoms with van der Waals surface area (Å²) in [6.45, 7) is 0. The fourth-order valence-corrected chi connectivity index (χ4v) is 2.94. The number of aliphatic hydroxyl groups excluding tert-OH is 1. The Morgan fingerprint density at radius 3 is 2.46 bits per heavy atom. The van der Waals surface area contributed by atoms with E-state index in [1.54, 1.807) is 61.6 Å². The zero-order chi connectivity index (χ0) is 17.3. The van der Waals surface area contributed by atoms with Crippen LogP contribution in [0.2, 0.25) is 0 Å². The molecule has 5 heteroatoms. The van der Waals surface area contributed by atoms with Gasteiger partial charge in [-0.2, -0.15) is 0 Å². The van der Waals surface area contributed by atoms with E-state index in [0.717, 1.165) is 6.08 Å². The van der Waals surface area contributed by atoms with E-state index < -0.39 is 23.7 Å². The van der Waals surface area contributed by atoms with Crippen LogP contribution in [0.3, 0.4) is 0 Å². The number of amides is 1. The quantitative estimate of drug-likeness (QED) is 0.669. The number of aliphatic hydroxyl groups is 2. The fourth-order valence-electron chi connectivity index (χ4n) is 2.94. The van der Waals surface area contributed by atoms with Crippen molar-refractivity contribution in [1.82, 2.24) is 0 Å². The van der Waals surface area contributed by atoms with Crippen LogP contribution in [-0.4, -0.2) is 29.0 Å². The van der Waals surface area contributed by atoms with Crippen molar-refractivity contribution in [3.63, 3.8) is 0 Å². The van der Waals surface area contributed by atoms with E-state index >= 15 is 0 Å². The first-order valence-electron chi connectivity index (χ1n) is 7.52. The third-order valence-corrected chi connectivity index (χ3v) is 4.17. The van der Waals surface area contributed by atoms with Crippen LogP contribution < -0.4 is 4.90 Å². The van der Waals surface area contributed by atoms with Gasteiger partial charge in [0.2, 0.25) is 0 Å². The molecule has 0 saturated carbocycles. The lowest BCUT2D eigenvalue weighted by atomic mass is 9.89. The number of hydrogen-bond donors (Lipinski definition) is 2. The van der Waals surface area contributed by atoms with Crippen molar-refractivity contribution in [2.75, 3.05) is 11.9 Å². The highest BCUT2D eigenvalue weighted by molar-refractivity contribution is 6.10. The van der Waals surface area contributed by atoms with Crippen molar-refractivity contribution in [1.29, 1.82) is 0 Å². The predicted molar refractivity (Wildman–Crippen MR) is 90.4 cm³/mol. The van der Waals surface area contributed by atoms with Crippen molar-refractivity contribution in [3.05, 3.63) is 71.8 Å². The van der Waals surface area contributed by atoms with E-state index in [2.05, 4.69) is 0 Å². The van der Waals surface area contributed by atoms with Crippen LogP contribution in [-0.2, 0) is 15.2 Å². The van der Waals surface area contributed by atoms with E-state index in [9.17, 15) is 19.8 Å². The van der Waals surface area contributed by atoms with Crippen LogP contribution in [0.15, 0.2) is 60.7 Å². The number of likely N-dealkylation sites (N-methyl/N-ethyl adjacent to an activating group) is 1. The van der Waals surface area contributed by atoms with E-state index in [0.29, 0.717) is 16.8 Å². The molecule has 2 aromatic carbocycles. The summed E-state index contributed by atoms with van der Waals surface area (Å²) in [7, 11) is 1.56. The maximum Gasteiger partial charge on any atom is 0.263 e. The van der Waals surface area contributed by atoms with Crippen molar-refractivity contribution in [3.8, 4) is 0 Å². The molecular weight excluding hydrogens is 306 g/mol. The standard InChI is InChI=1S/C19H17NO4/c1-20-16-10-6-5-9-15(16)19(24,18(20)23)12-14(21)11-17(22)13-7-3-2-4-8-13/h2-11,22,24H,12H2,1H3/b17-11-/t19-/m1/s1. The Labute approximate surface area is 139 Å². The Kier molecular flexibility index (Phi) is 3.95. The lowest BCUT2D eigenvalue weighted by Gasteiger charge is -2.20. The molecule has 0 spiro atoms. The van der Waals surface area contributed by atoms with E-state index in [1.165, 1.54) is 4.90 Å². The van der Waals surface area contributed by atoms with Gasteiger partial charge in [-0.3, -0.25) is 9.59 Å². The highest BCUT2D eigenvalue weighted by Gasteiger charge is 2.49. The third kappa shape index (κ3) is 2.59. The molecule has 1 aliphatic rings. The molecule has 0 radical (unpaired) electrons. The topological polar surface area (TPSA) is 77.8 Å². The lowest BCUT2D eigenvalue weighted by molar-refractivity contribution is -0.140. The van der Waals surface area contributed by atoms with Crippen LogP contribution in [0, 0.1) is 0 Å². The number of hydrogen-bond acceptors (Lipinski definition) is 4. The van der Waals surface area contributed by atoms with Gasteiger partial charge < -0.3 is 15.1 Å². The summed E-state index contributed by atoms with van der Waals surface area (Å²) >= 11 is 0. The summed E-state index contributed by atoms with van der Waals surface area (Å²) in [4.78, 5) is 26.0. The minimum absolute atomic E-state index is 0.198. The minimum Gasteiger partial charge on any atom is -0.507 e. The third-order valence-electron chi connectivity index (χ3n) is 4.17. The number of anilines is 1. The van der Waals surface area contributed by atoms with E-state index in [4.69, 9.17) is 0 Å². The molecule has 1 aliphatic heterocycles. The Morgan fingerprint density at radius 1 is 1.12 bits per heavy atom. The summed E-state index contributed by atoms with van der Waals surface area (Å²) in [5.41, 5.74) is -0.434. The first-order chi connectivity index (χ1) is 11.4. The van der Waals surface area contributed by atoms with Crippen LogP contribution in [0.1, 0.15) is 17.5 Å². The Bertz CT molecular complexity index is 828. The normalized spacial score (nSPS) is 20.2. The number of nitrogens with zero attached hydrogens (tertiary/aromatic N) is 1. The predicted octanol–water partition coefficient (Wildman–Crippen LogP) is 2.41. The second-order valence-electron chi connectivity index (χ2n) is 5.78. The molecule has 24 heavy (non-hydrogen) atoms. The van der Waals surface area contributed by atoms with Gasteiger partial charge in [0.25, 0.3) is 5.91 Å². The molecular formula is C19H17NO4. The molecule has 0 unspecified atom stereocenters. The zero-order valence-electron chi connectivity index (χ0n) is 13.1. The van der Waals surface area contributed by atoms with E-state index in [-0.39, 0.29) is 5.76 Å². The smallest absolute Gasteiger partial charge is 0.263 e. The largest absolute Gasteiger partial charge is 0.507 e. The van der Waals surface area contributed by atoms with Gasteiger partial charge in [-0.1, -0.05) is 48.5 Å². The lowest BCUT2D eigenvalue weighted by Crippen LogP contribution is -2.40.